The van der Waals surface area contributed by atoms with Gasteiger partial charge in [0.05, 0.1) is 18.9 Å². The zero-order chi connectivity index (χ0) is 19.6. The Balaban J connectivity index is 1.78. The van der Waals surface area contributed by atoms with Crippen LogP contribution in [0.1, 0.15) is 12.5 Å². The molecule has 27 heavy (non-hydrogen) atoms. The third-order valence-corrected chi connectivity index (χ3v) is 4.21. The predicted octanol–water partition coefficient (Wildman–Crippen LogP) is 4.05. The number of ether oxygens (including phenoxy) is 1. The van der Waals surface area contributed by atoms with Crippen LogP contribution in [0.5, 0.6) is 0 Å². The number of morpholine rings is 1. The maximum Gasteiger partial charge on any atom is 0.200 e. The Morgan fingerprint density at radius 2 is 1.41 bits per heavy atom. The van der Waals surface area contributed by atoms with Crippen LogP contribution in [0.2, 0.25) is 0 Å². The van der Waals surface area contributed by atoms with Crippen LogP contribution in [0.15, 0.2) is 29.4 Å². The molecule has 3 rings (SSSR count). The Kier molecular flexibility index (Phi) is 5.59. The highest BCUT2D eigenvalue weighted by Crippen LogP contribution is 2.27. The number of hydrogen-bond acceptors (Lipinski definition) is 4. The molecule has 0 aromatic heterocycles. The summed E-state index contributed by atoms with van der Waals surface area (Å²) in [6.07, 6.45) is 0. The first kappa shape index (κ1) is 19.1. The van der Waals surface area contributed by atoms with Crippen LogP contribution in [0.25, 0.3) is 0 Å². The molecule has 0 spiro atoms. The van der Waals surface area contributed by atoms with Crippen molar-refractivity contribution < 1.29 is 26.7 Å². The average Bonchev–Trinajstić information content (AvgIpc) is 2.71. The van der Waals surface area contributed by atoms with Crippen LogP contribution in [-0.4, -0.2) is 32.0 Å². The molecule has 2 aromatic carbocycles. The van der Waals surface area contributed by atoms with Crippen LogP contribution < -0.4 is 10.3 Å². The Bertz CT molecular complexity index is 835. The molecule has 0 aliphatic carbocycles. The van der Waals surface area contributed by atoms with E-state index >= 15 is 0 Å². The fourth-order valence-electron chi connectivity index (χ4n) is 2.64. The Labute approximate surface area is 152 Å². The predicted molar refractivity (Wildman–Crippen MR) is 91.5 cm³/mol. The van der Waals surface area contributed by atoms with Crippen molar-refractivity contribution in [1.82, 2.24) is 0 Å². The number of nitrogens with zero attached hydrogens (tertiary/aromatic N) is 2. The lowest BCUT2D eigenvalue weighted by molar-refractivity contribution is 0.122. The highest BCUT2D eigenvalue weighted by Gasteiger charge is 2.25. The molecule has 0 unspecified atom stereocenters. The number of halogens is 5. The minimum absolute atomic E-state index is 0.312. The summed E-state index contributed by atoms with van der Waals surface area (Å²) < 4.78 is 72.1. The van der Waals surface area contributed by atoms with Gasteiger partial charge in [0.1, 0.15) is 5.69 Å². The lowest BCUT2D eigenvalue weighted by Gasteiger charge is -2.28. The molecule has 4 nitrogen and oxygen atoms in total. The molecule has 144 valence electrons. The molecule has 1 aliphatic heterocycles. The van der Waals surface area contributed by atoms with E-state index in [0.717, 1.165) is 18.8 Å². The van der Waals surface area contributed by atoms with Crippen molar-refractivity contribution in [2.75, 3.05) is 36.6 Å². The van der Waals surface area contributed by atoms with Crippen LogP contribution in [-0.2, 0) is 4.74 Å². The minimum atomic E-state index is -2.21. The second kappa shape index (κ2) is 7.91. The zero-order valence-corrected chi connectivity index (χ0v) is 14.3. The molecular formula is C18H16F5N3O. The SMILES string of the molecule is C/C(=N/Nc1c(F)c(F)c(F)c(F)c1F)c1ccc(N2CCOCC2)cc1. The third-order valence-electron chi connectivity index (χ3n) is 4.21. The van der Waals surface area contributed by atoms with Gasteiger partial charge in [0.2, 0.25) is 5.82 Å². The van der Waals surface area contributed by atoms with Gasteiger partial charge in [-0.25, -0.2) is 22.0 Å². The quantitative estimate of drug-likeness (QED) is 0.284. The summed E-state index contributed by atoms with van der Waals surface area (Å²) in [5, 5.41) is 3.74. The molecule has 1 saturated heterocycles. The Hall–Kier alpha value is -2.68. The first-order chi connectivity index (χ1) is 12.9. The third kappa shape index (κ3) is 3.87. The van der Waals surface area contributed by atoms with Crippen molar-refractivity contribution in [2.45, 2.75) is 6.92 Å². The largest absolute Gasteiger partial charge is 0.378 e. The second-order valence-electron chi connectivity index (χ2n) is 5.90. The maximum atomic E-state index is 13.6. The standard InChI is InChI=1S/C18H16F5N3O/c1-10(11-2-4-12(5-3-11)26-6-8-27-9-7-26)24-25-18-16(22)14(20)13(19)15(21)17(18)23/h2-5,25H,6-9H2,1H3/b24-10-. The fraction of sp³-hybridized carbons (Fsp3) is 0.278. The van der Waals surface area contributed by atoms with Gasteiger partial charge in [-0.05, 0) is 24.6 Å². The Morgan fingerprint density at radius 3 is 1.96 bits per heavy atom. The van der Waals surface area contributed by atoms with E-state index in [2.05, 4.69) is 10.0 Å². The van der Waals surface area contributed by atoms with Crippen LogP contribution >= 0.6 is 0 Å². The number of anilines is 2. The van der Waals surface area contributed by atoms with Crippen molar-refractivity contribution >= 4 is 17.1 Å². The summed E-state index contributed by atoms with van der Waals surface area (Å²) >= 11 is 0. The maximum absolute atomic E-state index is 13.6. The summed E-state index contributed by atoms with van der Waals surface area (Å²) in [7, 11) is 0. The summed E-state index contributed by atoms with van der Waals surface area (Å²) in [4.78, 5) is 2.15. The van der Waals surface area contributed by atoms with Gasteiger partial charge in [0, 0.05) is 18.8 Å². The highest BCUT2D eigenvalue weighted by atomic mass is 19.2. The van der Waals surface area contributed by atoms with Crippen LogP contribution in [0.3, 0.4) is 0 Å². The molecule has 0 bridgehead atoms. The average molecular weight is 385 g/mol. The molecule has 1 fully saturated rings. The molecular weight excluding hydrogens is 369 g/mol. The smallest absolute Gasteiger partial charge is 0.200 e. The topological polar surface area (TPSA) is 36.9 Å². The van der Waals surface area contributed by atoms with Gasteiger partial charge in [-0.1, -0.05) is 12.1 Å². The van der Waals surface area contributed by atoms with Gasteiger partial charge in [-0.3, -0.25) is 5.43 Å². The van der Waals surface area contributed by atoms with Gasteiger partial charge in [0.15, 0.2) is 23.3 Å². The van der Waals surface area contributed by atoms with E-state index < -0.39 is 34.8 Å². The molecule has 0 saturated carbocycles. The molecule has 1 N–H and O–H groups in total. The number of nitrogens with one attached hydrogen (secondary N) is 1. The summed E-state index contributed by atoms with van der Waals surface area (Å²) in [6.45, 7) is 4.38. The summed E-state index contributed by atoms with van der Waals surface area (Å²) in [6, 6.07) is 7.23. The minimum Gasteiger partial charge on any atom is -0.378 e. The lowest BCUT2D eigenvalue weighted by Crippen LogP contribution is -2.36. The molecule has 0 atom stereocenters. The molecule has 1 heterocycles. The molecule has 0 amide bonds. The zero-order valence-electron chi connectivity index (χ0n) is 14.3. The number of hydrogen-bond donors (Lipinski definition) is 1. The summed E-state index contributed by atoms with van der Waals surface area (Å²) in [5.41, 5.74) is 2.66. The monoisotopic (exact) mass is 385 g/mol. The van der Waals surface area contributed by atoms with E-state index in [-0.39, 0.29) is 0 Å². The molecule has 9 heteroatoms. The normalized spacial score (nSPS) is 15.2. The first-order valence-corrected chi connectivity index (χ1v) is 8.15. The van der Waals surface area contributed by atoms with E-state index in [9.17, 15) is 22.0 Å². The van der Waals surface area contributed by atoms with E-state index in [1.54, 1.807) is 19.1 Å². The van der Waals surface area contributed by atoms with Crippen LogP contribution in [0, 0.1) is 29.1 Å². The highest BCUT2D eigenvalue weighted by molar-refractivity contribution is 5.99. The molecule has 2 aromatic rings. The number of benzene rings is 2. The van der Waals surface area contributed by atoms with E-state index in [1.807, 2.05) is 17.6 Å². The van der Waals surface area contributed by atoms with Gasteiger partial charge in [-0.15, -0.1) is 0 Å². The van der Waals surface area contributed by atoms with E-state index in [0.29, 0.717) is 24.5 Å². The van der Waals surface area contributed by atoms with Crippen molar-refractivity contribution in [3.05, 3.63) is 58.9 Å². The van der Waals surface area contributed by atoms with Crippen molar-refractivity contribution in [2.24, 2.45) is 5.10 Å². The lowest BCUT2D eigenvalue weighted by atomic mass is 10.1. The van der Waals surface area contributed by atoms with Gasteiger partial charge < -0.3 is 9.64 Å². The second-order valence-corrected chi connectivity index (χ2v) is 5.90. The van der Waals surface area contributed by atoms with Gasteiger partial charge >= 0.3 is 0 Å². The van der Waals surface area contributed by atoms with E-state index in [4.69, 9.17) is 4.74 Å². The van der Waals surface area contributed by atoms with Crippen molar-refractivity contribution in [1.29, 1.82) is 0 Å². The first-order valence-electron chi connectivity index (χ1n) is 8.15. The van der Waals surface area contributed by atoms with Crippen LogP contribution in [0.4, 0.5) is 33.3 Å². The van der Waals surface area contributed by atoms with Gasteiger partial charge in [0.25, 0.3) is 0 Å². The van der Waals surface area contributed by atoms with Gasteiger partial charge in [-0.2, -0.15) is 5.10 Å². The van der Waals surface area contributed by atoms with Crippen molar-refractivity contribution in [3.63, 3.8) is 0 Å². The number of hydrazone groups is 1. The summed E-state index contributed by atoms with van der Waals surface area (Å²) in [5.74, 6) is -10.2. The molecule has 1 aliphatic rings. The van der Waals surface area contributed by atoms with Crippen molar-refractivity contribution in [3.8, 4) is 0 Å². The van der Waals surface area contributed by atoms with E-state index in [1.165, 1.54) is 0 Å². The number of rotatable bonds is 4. The Morgan fingerprint density at radius 1 is 0.889 bits per heavy atom. The fourth-order valence-corrected chi connectivity index (χ4v) is 2.64. The molecule has 0 radical (unpaired) electrons.